The number of sulfone groups is 1. The molecule has 0 fully saturated rings. The number of pyridine rings is 1. The van der Waals surface area contributed by atoms with E-state index in [0.717, 1.165) is 6.26 Å². The third kappa shape index (κ3) is 3.72. The second-order valence-electron chi connectivity index (χ2n) is 6.70. The van der Waals surface area contributed by atoms with Crippen LogP contribution < -0.4 is 5.32 Å². The lowest BCUT2D eigenvalue weighted by Gasteiger charge is -2.06. The summed E-state index contributed by atoms with van der Waals surface area (Å²) in [7, 11) is -3.64. The maximum atomic E-state index is 12.9. The number of amides is 1. The van der Waals surface area contributed by atoms with Gasteiger partial charge in [0.15, 0.2) is 11.5 Å². The second-order valence-corrected chi connectivity index (χ2v) is 8.61. The first kappa shape index (κ1) is 19.5. The second kappa shape index (κ2) is 7.57. The van der Waals surface area contributed by atoms with Crippen LogP contribution in [0, 0.1) is 0 Å². The van der Waals surface area contributed by atoms with Gasteiger partial charge in [-0.2, -0.15) is 0 Å². The number of carbonyl (C=O) groups excluding carboxylic acids is 2. The van der Waals surface area contributed by atoms with E-state index in [0.29, 0.717) is 22.3 Å². The van der Waals surface area contributed by atoms with Gasteiger partial charge in [-0.15, -0.1) is 0 Å². The summed E-state index contributed by atoms with van der Waals surface area (Å²) in [6, 6.07) is 20.3. The number of benzene rings is 2. The lowest BCUT2D eigenvalue weighted by Crippen LogP contribution is -2.13. The molecule has 0 saturated carbocycles. The van der Waals surface area contributed by atoms with Crippen LogP contribution in [0.25, 0.3) is 5.52 Å². The average Bonchev–Trinajstić information content (AvgIpc) is 3.14. The van der Waals surface area contributed by atoms with E-state index in [-0.39, 0.29) is 16.6 Å². The predicted octanol–water partition coefficient (Wildman–Crippen LogP) is 3.22. The van der Waals surface area contributed by atoms with E-state index in [1.54, 1.807) is 66.7 Å². The van der Waals surface area contributed by atoms with Crippen LogP contribution in [0.3, 0.4) is 0 Å². The van der Waals surface area contributed by atoms with Crippen molar-refractivity contribution in [1.29, 1.82) is 0 Å². The molecule has 0 aliphatic carbocycles. The first-order valence-corrected chi connectivity index (χ1v) is 10.9. The Bertz CT molecular complexity index is 1380. The number of hydrogen-bond acceptors (Lipinski definition) is 5. The van der Waals surface area contributed by atoms with Crippen LogP contribution in [0.2, 0.25) is 0 Å². The van der Waals surface area contributed by atoms with Crippen LogP contribution in [0.15, 0.2) is 84.1 Å². The Labute approximate surface area is 172 Å². The fourth-order valence-electron chi connectivity index (χ4n) is 3.12. The van der Waals surface area contributed by atoms with E-state index in [9.17, 15) is 18.0 Å². The molecule has 2 aromatic heterocycles. The molecule has 0 atom stereocenters. The van der Waals surface area contributed by atoms with Crippen molar-refractivity contribution in [1.82, 2.24) is 9.38 Å². The van der Waals surface area contributed by atoms with Crippen LogP contribution in [0.5, 0.6) is 0 Å². The third-order valence-electron chi connectivity index (χ3n) is 4.48. The Hall–Kier alpha value is -3.78. The molecule has 0 radical (unpaired) electrons. The molecule has 0 saturated heterocycles. The lowest BCUT2D eigenvalue weighted by atomic mass is 10.0. The molecule has 4 aromatic rings. The number of aromatic nitrogens is 2. The summed E-state index contributed by atoms with van der Waals surface area (Å²) in [5.74, 6) is -0.739. The normalized spacial score (nSPS) is 11.4. The molecular weight excluding hydrogens is 402 g/mol. The predicted molar refractivity (Wildman–Crippen MR) is 113 cm³/mol. The number of rotatable bonds is 5. The van der Waals surface area contributed by atoms with Crippen molar-refractivity contribution in [2.45, 2.75) is 5.16 Å². The molecule has 30 heavy (non-hydrogen) atoms. The van der Waals surface area contributed by atoms with Gasteiger partial charge in [-0.05, 0) is 24.3 Å². The number of anilines is 1. The van der Waals surface area contributed by atoms with Gasteiger partial charge in [0.1, 0.15) is 0 Å². The average molecular weight is 419 g/mol. The van der Waals surface area contributed by atoms with Gasteiger partial charge in [0.05, 0.1) is 5.52 Å². The molecule has 0 bridgehead atoms. The summed E-state index contributed by atoms with van der Waals surface area (Å²) >= 11 is 0. The van der Waals surface area contributed by atoms with Crippen LogP contribution in [-0.4, -0.2) is 35.7 Å². The van der Waals surface area contributed by atoms with Gasteiger partial charge in [0.2, 0.25) is 15.0 Å². The molecule has 1 amide bonds. The van der Waals surface area contributed by atoms with Crippen LogP contribution in [0.1, 0.15) is 26.4 Å². The van der Waals surface area contributed by atoms with Crippen LogP contribution in [-0.2, 0) is 9.84 Å². The third-order valence-corrected chi connectivity index (χ3v) is 5.43. The largest absolute Gasteiger partial charge is 0.321 e. The van der Waals surface area contributed by atoms with E-state index in [1.165, 1.54) is 10.6 Å². The first-order chi connectivity index (χ1) is 14.3. The van der Waals surface area contributed by atoms with Crippen molar-refractivity contribution in [2.75, 3.05) is 11.6 Å². The highest BCUT2D eigenvalue weighted by molar-refractivity contribution is 7.90. The number of nitrogens with one attached hydrogen (secondary N) is 1. The van der Waals surface area contributed by atoms with Crippen molar-refractivity contribution in [3.63, 3.8) is 0 Å². The highest BCUT2D eigenvalue weighted by atomic mass is 32.2. The summed E-state index contributed by atoms with van der Waals surface area (Å²) in [4.78, 5) is 29.6. The Morgan fingerprint density at radius 2 is 1.60 bits per heavy atom. The quantitative estimate of drug-likeness (QED) is 0.501. The molecule has 1 N–H and O–H groups in total. The first-order valence-electron chi connectivity index (χ1n) is 9.03. The molecule has 7 nitrogen and oxygen atoms in total. The number of carbonyl (C=O) groups is 2. The van der Waals surface area contributed by atoms with Gasteiger partial charge >= 0.3 is 0 Å². The number of ketones is 1. The minimum atomic E-state index is -3.64. The number of fused-ring (bicyclic) bond motifs is 1. The maximum Gasteiger partial charge on any atom is 0.276 e. The highest BCUT2D eigenvalue weighted by Crippen LogP contribution is 2.20. The zero-order chi connectivity index (χ0) is 21.3. The molecule has 8 heteroatoms. The van der Waals surface area contributed by atoms with E-state index < -0.39 is 15.7 Å². The van der Waals surface area contributed by atoms with Crippen molar-refractivity contribution in [3.05, 3.63) is 95.8 Å². The fraction of sp³-hybridized carbons (Fsp3) is 0.0455. The summed E-state index contributed by atoms with van der Waals surface area (Å²) in [5, 5.41) is 2.49. The monoisotopic (exact) mass is 419 g/mol. The minimum absolute atomic E-state index is 0.0178. The summed E-state index contributed by atoms with van der Waals surface area (Å²) in [6.45, 7) is 0. The van der Waals surface area contributed by atoms with Gasteiger partial charge in [-0.1, -0.05) is 48.5 Å². The Kier molecular flexibility index (Phi) is 4.93. The van der Waals surface area contributed by atoms with Crippen LogP contribution in [0.4, 0.5) is 5.69 Å². The lowest BCUT2D eigenvalue weighted by molar-refractivity contribution is 0.101. The molecule has 0 spiro atoms. The summed E-state index contributed by atoms with van der Waals surface area (Å²) in [6.07, 6.45) is 2.57. The van der Waals surface area contributed by atoms with Crippen molar-refractivity contribution in [2.24, 2.45) is 0 Å². The fourth-order valence-corrected chi connectivity index (χ4v) is 3.90. The Morgan fingerprint density at radius 3 is 2.33 bits per heavy atom. The minimum Gasteiger partial charge on any atom is -0.321 e. The molecule has 0 aliphatic rings. The summed E-state index contributed by atoms with van der Waals surface area (Å²) < 4.78 is 25.4. The standard InChI is InChI=1S/C22H17N3O4S/c1-30(28,29)22-24-19(18-12-5-6-13-25(18)22)21(27)23-17-11-7-10-16(14-17)20(26)15-8-3-2-4-9-15/h2-14H,1H3,(H,23,27). The molecule has 150 valence electrons. The zero-order valence-electron chi connectivity index (χ0n) is 15.9. The maximum absolute atomic E-state index is 12.9. The zero-order valence-corrected chi connectivity index (χ0v) is 16.8. The van der Waals surface area contributed by atoms with Gasteiger partial charge in [0.25, 0.3) is 5.91 Å². The SMILES string of the molecule is CS(=O)(=O)c1nc(C(=O)Nc2cccc(C(=O)c3ccccc3)c2)c2ccccn12. The highest BCUT2D eigenvalue weighted by Gasteiger charge is 2.23. The van der Waals surface area contributed by atoms with Crippen LogP contribution >= 0.6 is 0 Å². The number of imidazole rings is 1. The Morgan fingerprint density at radius 1 is 0.900 bits per heavy atom. The van der Waals surface area contributed by atoms with Crippen molar-refractivity contribution < 1.29 is 18.0 Å². The van der Waals surface area contributed by atoms with E-state index in [4.69, 9.17) is 0 Å². The molecular formula is C22H17N3O4S. The Balaban J connectivity index is 1.67. The van der Waals surface area contributed by atoms with Gasteiger partial charge < -0.3 is 5.32 Å². The topological polar surface area (TPSA) is 97.6 Å². The van der Waals surface area contributed by atoms with Gasteiger partial charge in [-0.25, -0.2) is 13.4 Å². The van der Waals surface area contributed by atoms with E-state index >= 15 is 0 Å². The van der Waals surface area contributed by atoms with E-state index in [2.05, 4.69) is 10.3 Å². The van der Waals surface area contributed by atoms with E-state index in [1.807, 2.05) is 6.07 Å². The molecule has 0 aliphatic heterocycles. The molecule has 2 heterocycles. The molecule has 0 unspecified atom stereocenters. The number of hydrogen-bond donors (Lipinski definition) is 1. The molecule has 4 rings (SSSR count). The molecule has 2 aromatic carbocycles. The van der Waals surface area contributed by atoms with Crippen molar-refractivity contribution >= 4 is 32.7 Å². The van der Waals surface area contributed by atoms with Gasteiger partial charge in [0, 0.05) is 29.3 Å². The van der Waals surface area contributed by atoms with Gasteiger partial charge in [-0.3, -0.25) is 14.0 Å². The smallest absolute Gasteiger partial charge is 0.276 e. The number of nitrogens with zero attached hydrogens (tertiary/aromatic N) is 2. The summed E-state index contributed by atoms with van der Waals surface area (Å²) in [5.41, 5.74) is 1.71. The van der Waals surface area contributed by atoms with Crippen molar-refractivity contribution in [3.8, 4) is 0 Å².